The monoisotopic (exact) mass is 241 g/mol. The van der Waals surface area contributed by atoms with E-state index in [0.29, 0.717) is 16.9 Å². The molecule has 0 unspecified atom stereocenters. The molecule has 6 heteroatoms. The van der Waals surface area contributed by atoms with Crippen LogP contribution in [0.5, 0.6) is 5.75 Å². The fourth-order valence-electron chi connectivity index (χ4n) is 1.39. The van der Waals surface area contributed by atoms with Crippen molar-refractivity contribution in [1.29, 1.82) is 0 Å². The number of benzene rings is 1. The van der Waals surface area contributed by atoms with Gasteiger partial charge in [0, 0.05) is 12.6 Å². The van der Waals surface area contributed by atoms with Crippen molar-refractivity contribution in [2.45, 2.75) is 0 Å². The van der Waals surface area contributed by atoms with Crippen LogP contribution in [0, 0.1) is 5.82 Å². The topological polar surface area (TPSA) is 64.1 Å². The van der Waals surface area contributed by atoms with Gasteiger partial charge in [0.15, 0.2) is 11.6 Å². The molecule has 0 aliphatic heterocycles. The predicted octanol–water partition coefficient (Wildman–Crippen LogP) is 2.17. The molecule has 16 heavy (non-hydrogen) atoms. The van der Waals surface area contributed by atoms with E-state index in [0.717, 1.165) is 6.07 Å². The Kier molecular flexibility index (Phi) is 2.47. The number of aromatic hydroxyl groups is 1. The molecule has 0 spiro atoms. The number of nitrogen functional groups attached to an aromatic ring is 1. The zero-order valence-corrected chi connectivity index (χ0v) is 9.16. The molecule has 0 saturated carbocycles. The highest BCUT2D eigenvalue weighted by atomic mass is 35.5. The van der Waals surface area contributed by atoms with Crippen LogP contribution in [0.15, 0.2) is 18.3 Å². The summed E-state index contributed by atoms with van der Waals surface area (Å²) in [4.78, 5) is 0. The van der Waals surface area contributed by atoms with Gasteiger partial charge in [-0.3, -0.25) is 4.68 Å². The standard InChI is InChI=1S/C10H9ClFN3O/c1-15-10(13)6(4-14-15)5-2-7(11)9(16)8(12)3-5/h2-4,16H,13H2,1H3. The molecule has 1 aromatic carbocycles. The van der Waals surface area contributed by atoms with Crippen molar-refractivity contribution in [1.82, 2.24) is 9.78 Å². The summed E-state index contributed by atoms with van der Waals surface area (Å²) in [6.07, 6.45) is 1.51. The summed E-state index contributed by atoms with van der Waals surface area (Å²) in [5.41, 5.74) is 6.80. The first-order valence-electron chi connectivity index (χ1n) is 4.46. The average molecular weight is 242 g/mol. The van der Waals surface area contributed by atoms with Crippen molar-refractivity contribution < 1.29 is 9.50 Å². The molecule has 0 aliphatic carbocycles. The summed E-state index contributed by atoms with van der Waals surface area (Å²) in [5, 5.41) is 13.1. The molecule has 0 bridgehead atoms. The Morgan fingerprint density at radius 3 is 2.69 bits per heavy atom. The summed E-state index contributed by atoms with van der Waals surface area (Å²) in [7, 11) is 1.68. The first-order chi connectivity index (χ1) is 7.50. The maximum Gasteiger partial charge on any atom is 0.170 e. The number of anilines is 1. The summed E-state index contributed by atoms with van der Waals surface area (Å²) in [6.45, 7) is 0. The van der Waals surface area contributed by atoms with E-state index in [-0.39, 0.29) is 5.02 Å². The summed E-state index contributed by atoms with van der Waals surface area (Å²) >= 11 is 5.67. The van der Waals surface area contributed by atoms with Gasteiger partial charge in [-0.05, 0) is 17.7 Å². The molecule has 0 radical (unpaired) electrons. The molecule has 0 atom stereocenters. The maximum atomic E-state index is 13.3. The van der Waals surface area contributed by atoms with Crippen LogP contribution < -0.4 is 5.73 Å². The number of nitrogens with zero attached hydrogens (tertiary/aromatic N) is 2. The van der Waals surface area contributed by atoms with Crippen molar-refractivity contribution >= 4 is 17.4 Å². The van der Waals surface area contributed by atoms with Crippen molar-refractivity contribution in [3.8, 4) is 16.9 Å². The van der Waals surface area contributed by atoms with Gasteiger partial charge in [0.25, 0.3) is 0 Å². The van der Waals surface area contributed by atoms with Gasteiger partial charge in [0.05, 0.1) is 11.2 Å². The minimum absolute atomic E-state index is 0.0572. The molecule has 84 valence electrons. The molecule has 1 heterocycles. The Labute approximate surface area is 96.1 Å². The Hall–Kier alpha value is -1.75. The molecule has 0 aliphatic rings. The number of rotatable bonds is 1. The highest BCUT2D eigenvalue weighted by Crippen LogP contribution is 2.34. The zero-order valence-electron chi connectivity index (χ0n) is 8.41. The normalized spacial score (nSPS) is 10.7. The zero-order chi connectivity index (χ0) is 11.9. The van der Waals surface area contributed by atoms with Crippen molar-refractivity contribution in [3.05, 3.63) is 29.2 Å². The summed E-state index contributed by atoms with van der Waals surface area (Å²) in [5.74, 6) is -0.945. The quantitative estimate of drug-likeness (QED) is 0.804. The lowest BCUT2D eigenvalue weighted by molar-refractivity contribution is 0.433. The fraction of sp³-hybridized carbons (Fsp3) is 0.100. The third-order valence-corrected chi connectivity index (χ3v) is 2.60. The maximum absolute atomic E-state index is 13.3. The molecule has 0 saturated heterocycles. The second-order valence-electron chi connectivity index (χ2n) is 3.36. The van der Waals surface area contributed by atoms with Crippen LogP contribution in [-0.4, -0.2) is 14.9 Å². The Balaban J connectivity index is 2.61. The lowest BCUT2D eigenvalue weighted by Gasteiger charge is -2.04. The SMILES string of the molecule is Cn1ncc(-c2cc(F)c(O)c(Cl)c2)c1N. The van der Waals surface area contributed by atoms with Crippen LogP contribution in [0.3, 0.4) is 0 Å². The van der Waals surface area contributed by atoms with E-state index in [2.05, 4.69) is 5.10 Å². The number of halogens is 2. The number of phenolic OH excluding ortho intramolecular Hbond substituents is 1. The van der Waals surface area contributed by atoms with Crippen molar-refractivity contribution in [2.24, 2.45) is 7.05 Å². The van der Waals surface area contributed by atoms with Crippen LogP contribution in [0.4, 0.5) is 10.2 Å². The third kappa shape index (κ3) is 1.59. The lowest BCUT2D eigenvalue weighted by Crippen LogP contribution is -1.98. The molecule has 2 aromatic rings. The van der Waals surface area contributed by atoms with Crippen LogP contribution in [0.2, 0.25) is 5.02 Å². The van der Waals surface area contributed by atoms with E-state index in [1.165, 1.54) is 16.9 Å². The predicted molar refractivity (Wildman–Crippen MR) is 59.7 cm³/mol. The molecule has 1 aromatic heterocycles. The first-order valence-corrected chi connectivity index (χ1v) is 4.84. The van der Waals surface area contributed by atoms with E-state index < -0.39 is 11.6 Å². The molecular weight excluding hydrogens is 233 g/mol. The fourth-order valence-corrected chi connectivity index (χ4v) is 1.60. The number of aryl methyl sites for hydroxylation is 1. The average Bonchev–Trinajstić information content (AvgIpc) is 2.56. The van der Waals surface area contributed by atoms with E-state index in [4.69, 9.17) is 17.3 Å². The lowest BCUT2D eigenvalue weighted by atomic mass is 10.1. The van der Waals surface area contributed by atoms with E-state index in [9.17, 15) is 9.50 Å². The largest absolute Gasteiger partial charge is 0.504 e. The minimum atomic E-state index is -0.786. The smallest absolute Gasteiger partial charge is 0.170 e. The van der Waals surface area contributed by atoms with E-state index in [1.807, 2.05) is 0 Å². The van der Waals surface area contributed by atoms with Gasteiger partial charge in [0.1, 0.15) is 5.82 Å². The summed E-state index contributed by atoms with van der Waals surface area (Å²) < 4.78 is 14.7. The third-order valence-electron chi connectivity index (χ3n) is 2.31. The molecule has 2 rings (SSSR count). The van der Waals surface area contributed by atoms with Crippen molar-refractivity contribution in [2.75, 3.05) is 5.73 Å². The first kappa shape index (κ1) is 10.8. The van der Waals surface area contributed by atoms with Gasteiger partial charge >= 0.3 is 0 Å². The van der Waals surface area contributed by atoms with Gasteiger partial charge in [-0.25, -0.2) is 4.39 Å². The van der Waals surface area contributed by atoms with Crippen LogP contribution in [0.1, 0.15) is 0 Å². The van der Waals surface area contributed by atoms with Gasteiger partial charge in [-0.1, -0.05) is 11.6 Å². The Bertz CT molecular complexity index is 530. The van der Waals surface area contributed by atoms with Crippen LogP contribution in [0.25, 0.3) is 11.1 Å². The van der Waals surface area contributed by atoms with Gasteiger partial charge in [-0.15, -0.1) is 0 Å². The van der Waals surface area contributed by atoms with Crippen LogP contribution >= 0.6 is 11.6 Å². The molecule has 3 N–H and O–H groups in total. The summed E-state index contributed by atoms with van der Waals surface area (Å²) in [6, 6.07) is 2.60. The second-order valence-corrected chi connectivity index (χ2v) is 3.76. The Morgan fingerprint density at radius 1 is 1.50 bits per heavy atom. The molecule has 0 amide bonds. The van der Waals surface area contributed by atoms with Crippen LogP contribution in [-0.2, 0) is 7.05 Å². The molecule has 4 nitrogen and oxygen atoms in total. The highest BCUT2D eigenvalue weighted by Gasteiger charge is 2.13. The molecule has 0 fully saturated rings. The highest BCUT2D eigenvalue weighted by molar-refractivity contribution is 6.32. The number of nitrogens with two attached hydrogens (primary N) is 1. The van der Waals surface area contributed by atoms with Gasteiger partial charge < -0.3 is 10.8 Å². The minimum Gasteiger partial charge on any atom is -0.504 e. The van der Waals surface area contributed by atoms with Gasteiger partial charge in [0.2, 0.25) is 0 Å². The number of aromatic nitrogens is 2. The van der Waals surface area contributed by atoms with Gasteiger partial charge in [-0.2, -0.15) is 5.10 Å². The number of phenols is 1. The number of hydrogen-bond donors (Lipinski definition) is 2. The van der Waals surface area contributed by atoms with E-state index in [1.54, 1.807) is 7.05 Å². The van der Waals surface area contributed by atoms with E-state index >= 15 is 0 Å². The number of hydrogen-bond acceptors (Lipinski definition) is 3. The second kappa shape index (κ2) is 3.68. The molecular formula is C10H9ClFN3O. The Morgan fingerprint density at radius 2 is 2.19 bits per heavy atom. The van der Waals surface area contributed by atoms with Crippen molar-refractivity contribution in [3.63, 3.8) is 0 Å².